The van der Waals surface area contributed by atoms with Crippen molar-refractivity contribution >= 4 is 11.6 Å². The van der Waals surface area contributed by atoms with Crippen LogP contribution in [0.1, 0.15) is 25.8 Å². The lowest BCUT2D eigenvalue weighted by Crippen LogP contribution is -2.21. The second kappa shape index (κ2) is 7.54. The van der Waals surface area contributed by atoms with E-state index in [0.717, 1.165) is 12.1 Å². The average Bonchev–Trinajstić information content (AvgIpc) is 2.29. The summed E-state index contributed by atoms with van der Waals surface area (Å²) in [5.41, 5.74) is 1.14. The Morgan fingerprint density at radius 2 is 2.18 bits per heavy atom. The van der Waals surface area contributed by atoms with Crippen LogP contribution < -0.4 is 10.1 Å². The van der Waals surface area contributed by atoms with E-state index in [4.69, 9.17) is 21.4 Å². The molecule has 1 rings (SSSR count). The van der Waals surface area contributed by atoms with Crippen molar-refractivity contribution < 1.29 is 9.84 Å². The molecule has 96 valence electrons. The Morgan fingerprint density at radius 1 is 1.41 bits per heavy atom. The zero-order chi connectivity index (χ0) is 12.7. The molecule has 3 nitrogen and oxygen atoms in total. The fraction of sp³-hybridized carbons (Fsp3) is 0.538. The largest absolute Gasteiger partial charge is 0.492 e. The van der Waals surface area contributed by atoms with Crippen LogP contribution in [0.25, 0.3) is 0 Å². The Hall–Kier alpha value is -0.770. The topological polar surface area (TPSA) is 41.5 Å². The third kappa shape index (κ3) is 5.39. The second-order valence-corrected chi connectivity index (χ2v) is 4.63. The maximum absolute atomic E-state index is 8.66. The number of aliphatic hydroxyl groups excluding tert-OH is 1. The lowest BCUT2D eigenvalue weighted by atomic mass is 10.2. The van der Waals surface area contributed by atoms with Gasteiger partial charge in [-0.05, 0) is 17.7 Å². The van der Waals surface area contributed by atoms with Gasteiger partial charge in [-0.25, -0.2) is 0 Å². The highest BCUT2D eigenvalue weighted by molar-refractivity contribution is 6.32. The predicted molar refractivity (Wildman–Crippen MR) is 70.6 cm³/mol. The minimum absolute atomic E-state index is 0.133. The fourth-order valence-electron chi connectivity index (χ4n) is 1.34. The first-order valence-electron chi connectivity index (χ1n) is 5.89. The van der Waals surface area contributed by atoms with Crippen LogP contribution in [0.2, 0.25) is 5.02 Å². The van der Waals surface area contributed by atoms with Crippen molar-refractivity contribution in [3.63, 3.8) is 0 Å². The first-order valence-corrected chi connectivity index (χ1v) is 6.26. The van der Waals surface area contributed by atoms with Crippen LogP contribution in [0.5, 0.6) is 5.75 Å². The third-order valence-electron chi connectivity index (χ3n) is 2.27. The van der Waals surface area contributed by atoms with Crippen LogP contribution >= 0.6 is 11.6 Å². The maximum Gasteiger partial charge on any atom is 0.137 e. The summed E-state index contributed by atoms with van der Waals surface area (Å²) >= 11 is 6.11. The Labute approximate surface area is 108 Å². The van der Waals surface area contributed by atoms with Gasteiger partial charge in [-0.2, -0.15) is 0 Å². The lowest BCUT2D eigenvalue weighted by molar-refractivity contribution is 0.233. The minimum atomic E-state index is 0.133. The zero-order valence-electron chi connectivity index (χ0n) is 10.4. The molecule has 0 heterocycles. The van der Waals surface area contributed by atoms with E-state index in [9.17, 15) is 0 Å². The van der Waals surface area contributed by atoms with Crippen molar-refractivity contribution in [2.45, 2.75) is 32.9 Å². The first kappa shape index (κ1) is 14.3. The molecule has 0 aromatic heterocycles. The number of halogens is 1. The average molecular weight is 258 g/mol. The van der Waals surface area contributed by atoms with Crippen molar-refractivity contribution in [1.29, 1.82) is 0 Å². The molecule has 0 amide bonds. The third-order valence-corrected chi connectivity index (χ3v) is 2.57. The molecule has 0 aliphatic heterocycles. The van der Waals surface area contributed by atoms with Crippen LogP contribution in [0.4, 0.5) is 0 Å². The number of rotatable bonds is 7. The van der Waals surface area contributed by atoms with Crippen LogP contribution in [0.3, 0.4) is 0 Å². The van der Waals surface area contributed by atoms with Gasteiger partial charge in [0.25, 0.3) is 0 Å². The van der Waals surface area contributed by atoms with Gasteiger partial charge in [0.2, 0.25) is 0 Å². The van der Waals surface area contributed by atoms with Crippen LogP contribution in [0.15, 0.2) is 18.2 Å². The molecule has 0 unspecified atom stereocenters. The highest BCUT2D eigenvalue weighted by Crippen LogP contribution is 2.25. The standard InChI is InChI=1S/C13H20ClNO2/c1-10(2)15-9-11-4-5-13(12(14)8-11)17-7-3-6-16/h4-5,8,10,15-16H,3,6-7,9H2,1-2H3. The van der Waals surface area contributed by atoms with Crippen molar-refractivity contribution in [2.24, 2.45) is 0 Å². The quantitative estimate of drug-likeness (QED) is 0.738. The highest BCUT2D eigenvalue weighted by atomic mass is 35.5. The second-order valence-electron chi connectivity index (χ2n) is 4.23. The van der Waals surface area contributed by atoms with Crippen LogP contribution in [-0.2, 0) is 6.54 Å². The van der Waals surface area contributed by atoms with Gasteiger partial charge < -0.3 is 15.2 Å². The molecule has 0 radical (unpaired) electrons. The van der Waals surface area contributed by atoms with E-state index in [0.29, 0.717) is 29.8 Å². The summed E-state index contributed by atoms with van der Waals surface area (Å²) in [7, 11) is 0. The van der Waals surface area contributed by atoms with Crippen molar-refractivity contribution in [1.82, 2.24) is 5.32 Å². The van der Waals surface area contributed by atoms with Gasteiger partial charge in [0, 0.05) is 25.6 Å². The summed E-state index contributed by atoms with van der Waals surface area (Å²) in [5.74, 6) is 0.674. The Kier molecular flexibility index (Phi) is 6.34. The van der Waals surface area contributed by atoms with Crippen molar-refractivity contribution in [3.05, 3.63) is 28.8 Å². The number of hydrogen-bond donors (Lipinski definition) is 2. The summed E-state index contributed by atoms with van der Waals surface area (Å²) in [6, 6.07) is 6.23. The Balaban J connectivity index is 2.53. The smallest absolute Gasteiger partial charge is 0.137 e. The van der Waals surface area contributed by atoms with E-state index < -0.39 is 0 Å². The number of aliphatic hydroxyl groups is 1. The fourth-order valence-corrected chi connectivity index (χ4v) is 1.60. The van der Waals surface area contributed by atoms with E-state index in [1.807, 2.05) is 18.2 Å². The summed E-state index contributed by atoms with van der Waals surface area (Å²) in [5, 5.41) is 12.6. The number of ether oxygens (including phenoxy) is 1. The molecule has 0 atom stereocenters. The summed E-state index contributed by atoms with van der Waals surface area (Å²) in [4.78, 5) is 0. The minimum Gasteiger partial charge on any atom is -0.492 e. The van der Waals surface area contributed by atoms with E-state index in [1.54, 1.807) is 0 Å². The first-order chi connectivity index (χ1) is 8.13. The predicted octanol–water partition coefficient (Wildman–Crippen LogP) is 2.60. The molecule has 17 heavy (non-hydrogen) atoms. The molecular weight excluding hydrogens is 238 g/mol. The maximum atomic E-state index is 8.66. The summed E-state index contributed by atoms with van der Waals surface area (Å²) in [6.45, 7) is 5.63. The van der Waals surface area contributed by atoms with Crippen LogP contribution in [0, 0.1) is 0 Å². The van der Waals surface area contributed by atoms with Gasteiger partial charge in [0.15, 0.2) is 0 Å². The van der Waals surface area contributed by atoms with Gasteiger partial charge in [-0.1, -0.05) is 31.5 Å². The molecule has 0 spiro atoms. The van der Waals surface area contributed by atoms with Gasteiger partial charge in [-0.15, -0.1) is 0 Å². The number of benzene rings is 1. The molecule has 0 fully saturated rings. The molecule has 1 aromatic rings. The molecule has 0 saturated carbocycles. The van der Waals surface area contributed by atoms with Crippen molar-refractivity contribution in [2.75, 3.05) is 13.2 Å². The molecule has 0 aliphatic rings. The van der Waals surface area contributed by atoms with E-state index in [-0.39, 0.29) is 6.61 Å². The zero-order valence-corrected chi connectivity index (χ0v) is 11.1. The van der Waals surface area contributed by atoms with E-state index in [2.05, 4.69) is 19.2 Å². The molecule has 1 aromatic carbocycles. The Bertz CT molecular complexity index is 342. The highest BCUT2D eigenvalue weighted by Gasteiger charge is 2.03. The molecular formula is C13H20ClNO2. The summed E-state index contributed by atoms with van der Waals surface area (Å²) < 4.78 is 5.45. The Morgan fingerprint density at radius 3 is 2.76 bits per heavy atom. The number of nitrogens with one attached hydrogen (secondary N) is 1. The van der Waals surface area contributed by atoms with Crippen molar-refractivity contribution in [3.8, 4) is 5.75 Å². The number of hydrogen-bond acceptors (Lipinski definition) is 3. The monoisotopic (exact) mass is 257 g/mol. The van der Waals surface area contributed by atoms with Gasteiger partial charge >= 0.3 is 0 Å². The SMILES string of the molecule is CC(C)NCc1ccc(OCCCO)c(Cl)c1. The van der Waals surface area contributed by atoms with Gasteiger partial charge in [0.05, 0.1) is 11.6 Å². The van der Waals surface area contributed by atoms with Gasteiger partial charge in [-0.3, -0.25) is 0 Å². The normalized spacial score (nSPS) is 10.9. The molecule has 0 aliphatic carbocycles. The van der Waals surface area contributed by atoms with E-state index >= 15 is 0 Å². The molecule has 0 bridgehead atoms. The van der Waals surface area contributed by atoms with Crippen LogP contribution in [-0.4, -0.2) is 24.4 Å². The van der Waals surface area contributed by atoms with E-state index in [1.165, 1.54) is 0 Å². The summed E-state index contributed by atoms with van der Waals surface area (Å²) in [6.07, 6.45) is 0.618. The van der Waals surface area contributed by atoms with Gasteiger partial charge in [0.1, 0.15) is 5.75 Å². The molecule has 4 heteroatoms. The molecule has 0 saturated heterocycles. The molecule has 2 N–H and O–H groups in total. The lowest BCUT2D eigenvalue weighted by Gasteiger charge is -2.11.